The van der Waals surface area contributed by atoms with Crippen LogP contribution >= 0.6 is 11.8 Å². The number of nitrogens with two attached hydrogens (primary N) is 1. The van der Waals surface area contributed by atoms with E-state index in [-0.39, 0.29) is 5.92 Å². The Hall–Kier alpha value is -1.74. The van der Waals surface area contributed by atoms with Gasteiger partial charge >= 0.3 is 0 Å². The summed E-state index contributed by atoms with van der Waals surface area (Å²) in [5.74, 6) is 7.06. The van der Waals surface area contributed by atoms with Gasteiger partial charge in [0.1, 0.15) is 16.7 Å². The smallest absolute Gasteiger partial charge is 0.215 e. The first-order valence-electron chi connectivity index (χ1n) is 5.78. The van der Waals surface area contributed by atoms with Gasteiger partial charge in [-0.25, -0.2) is 20.5 Å². The van der Waals surface area contributed by atoms with E-state index in [0.29, 0.717) is 11.0 Å². The van der Waals surface area contributed by atoms with Crippen LogP contribution in [0.3, 0.4) is 0 Å². The average molecular weight is 280 g/mol. The van der Waals surface area contributed by atoms with Crippen molar-refractivity contribution in [1.82, 2.24) is 30.2 Å². The zero-order valence-electron chi connectivity index (χ0n) is 11.2. The lowest BCUT2D eigenvalue weighted by atomic mass is 10.2. The quantitative estimate of drug-likeness (QED) is 0.482. The minimum Gasteiger partial charge on any atom is -0.308 e. The van der Waals surface area contributed by atoms with Gasteiger partial charge in [-0.3, -0.25) is 0 Å². The lowest BCUT2D eigenvalue weighted by Crippen LogP contribution is -2.13. The van der Waals surface area contributed by atoms with Crippen LogP contribution in [0.15, 0.2) is 10.2 Å². The molecular weight excluding hydrogens is 264 g/mol. The van der Waals surface area contributed by atoms with E-state index in [1.54, 1.807) is 11.7 Å². The summed E-state index contributed by atoms with van der Waals surface area (Å²) in [6.07, 6.45) is 0. The Morgan fingerprint density at radius 3 is 2.58 bits per heavy atom. The number of aryl methyl sites for hydroxylation is 1. The van der Waals surface area contributed by atoms with Crippen LogP contribution in [0.25, 0.3) is 0 Å². The number of hydrazine groups is 1. The minimum atomic E-state index is 0.213. The van der Waals surface area contributed by atoms with Crippen molar-refractivity contribution in [3.05, 3.63) is 11.4 Å². The molecule has 3 N–H and O–H groups in total. The highest BCUT2D eigenvalue weighted by Crippen LogP contribution is 2.30. The van der Waals surface area contributed by atoms with Crippen LogP contribution in [0.2, 0.25) is 0 Å². The van der Waals surface area contributed by atoms with Crippen LogP contribution in [0.5, 0.6) is 0 Å². The SMILES string of the molecule is Cc1c(NN)nc(C(C)C)nc1Sc1nnnn1C. The molecule has 0 atom stereocenters. The van der Waals surface area contributed by atoms with Gasteiger partial charge in [-0.1, -0.05) is 13.8 Å². The summed E-state index contributed by atoms with van der Waals surface area (Å²) in [7, 11) is 1.78. The van der Waals surface area contributed by atoms with Gasteiger partial charge in [-0.2, -0.15) is 0 Å². The standard InChI is InChI=1S/C10H16N8S/c1-5(2)7-12-8(14-11)6(3)9(13-7)19-10-15-16-17-18(10)4/h5H,11H2,1-4H3,(H,12,13,14). The molecule has 2 aromatic rings. The molecule has 9 heteroatoms. The molecule has 2 aromatic heterocycles. The predicted octanol–water partition coefficient (Wildman–Crippen LogP) is 0.869. The van der Waals surface area contributed by atoms with Crippen molar-refractivity contribution >= 4 is 17.6 Å². The first kappa shape index (κ1) is 13.7. The van der Waals surface area contributed by atoms with E-state index in [0.717, 1.165) is 16.4 Å². The minimum absolute atomic E-state index is 0.213. The second-order valence-corrected chi connectivity index (χ2v) is 5.30. The molecule has 2 rings (SSSR count). The molecule has 0 aliphatic carbocycles. The van der Waals surface area contributed by atoms with Crippen molar-refractivity contribution in [1.29, 1.82) is 0 Å². The van der Waals surface area contributed by atoms with E-state index < -0.39 is 0 Å². The Balaban J connectivity index is 2.43. The van der Waals surface area contributed by atoms with E-state index >= 15 is 0 Å². The number of hydrogen-bond acceptors (Lipinski definition) is 8. The Bertz CT molecular complexity index is 579. The number of nitrogens with one attached hydrogen (secondary N) is 1. The summed E-state index contributed by atoms with van der Waals surface area (Å²) in [4.78, 5) is 8.93. The molecule has 0 radical (unpaired) electrons. The summed E-state index contributed by atoms with van der Waals surface area (Å²) in [5.41, 5.74) is 3.48. The number of anilines is 1. The van der Waals surface area contributed by atoms with Gasteiger partial charge < -0.3 is 5.43 Å². The van der Waals surface area contributed by atoms with E-state index in [1.165, 1.54) is 11.8 Å². The number of rotatable bonds is 4. The lowest BCUT2D eigenvalue weighted by Gasteiger charge is -2.12. The highest BCUT2D eigenvalue weighted by atomic mass is 32.2. The van der Waals surface area contributed by atoms with Gasteiger partial charge in [-0.15, -0.1) is 5.10 Å². The number of hydrogen-bond donors (Lipinski definition) is 2. The second-order valence-electron chi connectivity index (χ2n) is 4.35. The Morgan fingerprint density at radius 1 is 1.32 bits per heavy atom. The molecule has 102 valence electrons. The molecule has 0 aliphatic heterocycles. The third kappa shape index (κ3) is 2.82. The lowest BCUT2D eigenvalue weighted by molar-refractivity contribution is 0.663. The summed E-state index contributed by atoms with van der Waals surface area (Å²) in [6, 6.07) is 0. The van der Waals surface area contributed by atoms with Gasteiger partial charge in [-0.05, 0) is 29.1 Å². The molecule has 0 saturated heterocycles. The van der Waals surface area contributed by atoms with Crippen molar-refractivity contribution in [3.63, 3.8) is 0 Å². The topological polar surface area (TPSA) is 107 Å². The molecule has 0 bridgehead atoms. The van der Waals surface area contributed by atoms with Gasteiger partial charge in [0.15, 0.2) is 0 Å². The molecule has 19 heavy (non-hydrogen) atoms. The van der Waals surface area contributed by atoms with Crippen molar-refractivity contribution < 1.29 is 0 Å². The van der Waals surface area contributed by atoms with Gasteiger partial charge in [0, 0.05) is 18.5 Å². The molecule has 0 aliphatic rings. The fourth-order valence-corrected chi connectivity index (χ4v) is 2.21. The number of nitrogens with zero attached hydrogens (tertiary/aromatic N) is 6. The summed E-state index contributed by atoms with van der Waals surface area (Å²) in [6.45, 7) is 5.97. The van der Waals surface area contributed by atoms with Crippen LogP contribution in [0.1, 0.15) is 31.2 Å². The Morgan fingerprint density at radius 2 is 2.05 bits per heavy atom. The third-order valence-corrected chi connectivity index (χ3v) is 3.66. The second kappa shape index (κ2) is 5.49. The van der Waals surface area contributed by atoms with Crippen LogP contribution in [-0.4, -0.2) is 30.2 Å². The van der Waals surface area contributed by atoms with Crippen LogP contribution < -0.4 is 11.3 Å². The molecule has 0 saturated carbocycles. The predicted molar refractivity (Wildman–Crippen MR) is 71.6 cm³/mol. The first-order chi connectivity index (χ1) is 9.02. The van der Waals surface area contributed by atoms with Gasteiger partial charge in [0.05, 0.1) is 0 Å². The summed E-state index contributed by atoms with van der Waals surface area (Å²) >= 11 is 1.39. The number of aromatic nitrogens is 6. The van der Waals surface area contributed by atoms with Gasteiger partial charge in [0.2, 0.25) is 5.16 Å². The molecule has 0 fully saturated rings. The summed E-state index contributed by atoms with van der Waals surface area (Å²) < 4.78 is 1.59. The van der Waals surface area contributed by atoms with E-state index in [9.17, 15) is 0 Å². The molecule has 0 aromatic carbocycles. The fraction of sp³-hybridized carbons (Fsp3) is 0.500. The highest BCUT2D eigenvalue weighted by Gasteiger charge is 2.15. The van der Waals surface area contributed by atoms with E-state index in [2.05, 4.69) is 30.9 Å². The summed E-state index contributed by atoms with van der Waals surface area (Å²) in [5, 5.41) is 12.8. The zero-order chi connectivity index (χ0) is 14.0. The maximum atomic E-state index is 5.50. The van der Waals surface area contributed by atoms with E-state index in [4.69, 9.17) is 5.84 Å². The first-order valence-corrected chi connectivity index (χ1v) is 6.60. The molecule has 2 heterocycles. The maximum absolute atomic E-state index is 5.50. The monoisotopic (exact) mass is 280 g/mol. The maximum Gasteiger partial charge on any atom is 0.215 e. The Kier molecular flexibility index (Phi) is 3.96. The normalized spacial score (nSPS) is 11.1. The Labute approximate surface area is 115 Å². The largest absolute Gasteiger partial charge is 0.308 e. The van der Waals surface area contributed by atoms with Gasteiger partial charge in [0.25, 0.3) is 0 Å². The highest BCUT2D eigenvalue weighted by molar-refractivity contribution is 7.99. The van der Waals surface area contributed by atoms with Crippen LogP contribution in [-0.2, 0) is 7.05 Å². The zero-order valence-corrected chi connectivity index (χ0v) is 12.1. The van der Waals surface area contributed by atoms with Crippen molar-refractivity contribution in [2.24, 2.45) is 12.9 Å². The van der Waals surface area contributed by atoms with Crippen molar-refractivity contribution in [2.45, 2.75) is 36.9 Å². The molecule has 0 amide bonds. The molecule has 0 spiro atoms. The molecular formula is C10H16N8S. The molecule has 0 unspecified atom stereocenters. The third-order valence-electron chi connectivity index (χ3n) is 2.54. The van der Waals surface area contributed by atoms with Crippen molar-refractivity contribution in [2.75, 3.05) is 5.43 Å². The van der Waals surface area contributed by atoms with E-state index in [1.807, 2.05) is 20.8 Å². The fourth-order valence-electron chi connectivity index (χ4n) is 1.40. The van der Waals surface area contributed by atoms with Crippen LogP contribution in [0.4, 0.5) is 5.82 Å². The average Bonchev–Trinajstić information content (AvgIpc) is 2.77. The number of nitrogen functional groups attached to an aromatic ring is 1. The number of tetrazole rings is 1. The molecule has 8 nitrogen and oxygen atoms in total. The van der Waals surface area contributed by atoms with Crippen LogP contribution in [0, 0.1) is 6.92 Å². The van der Waals surface area contributed by atoms with Crippen molar-refractivity contribution in [3.8, 4) is 0 Å².